The number of nitrogens with two attached hydrogens (primary N) is 1. The number of hydrogen-bond donors (Lipinski definition) is 4. The van der Waals surface area contributed by atoms with Crippen molar-refractivity contribution in [1.29, 1.82) is 0 Å². The minimum atomic E-state index is -1.16. The summed E-state index contributed by atoms with van der Waals surface area (Å²) in [6, 6.07) is 14.1. The molecule has 0 radical (unpaired) electrons. The highest BCUT2D eigenvalue weighted by molar-refractivity contribution is 6.20. The highest BCUT2D eigenvalue weighted by Crippen LogP contribution is 2.47. The minimum absolute atomic E-state index is 0.133. The number of rotatable bonds is 9. The second-order valence-electron chi connectivity index (χ2n) is 11.5. The molecule has 0 aromatic heterocycles. The van der Waals surface area contributed by atoms with Crippen LogP contribution in [0.15, 0.2) is 42.5 Å². The number of ketones is 3. The molecule has 9 nitrogen and oxygen atoms in total. The van der Waals surface area contributed by atoms with E-state index < -0.39 is 47.4 Å². The van der Waals surface area contributed by atoms with Crippen LogP contribution in [-0.4, -0.2) is 64.1 Å². The number of carbonyl (C=O) groups excluding carboxylic acids is 4. The molecule has 212 valence electrons. The van der Waals surface area contributed by atoms with Crippen LogP contribution in [0.4, 0.5) is 5.69 Å². The first-order valence-electron chi connectivity index (χ1n) is 14.1. The summed E-state index contributed by atoms with van der Waals surface area (Å²) in [6.07, 6.45) is 2.24. The average molecular weight is 548 g/mol. The lowest BCUT2D eigenvalue weighted by Crippen LogP contribution is -2.50. The summed E-state index contributed by atoms with van der Waals surface area (Å²) in [4.78, 5) is 54.0. The van der Waals surface area contributed by atoms with Crippen molar-refractivity contribution in [3.63, 3.8) is 0 Å². The van der Waals surface area contributed by atoms with E-state index in [9.17, 15) is 29.4 Å². The Balaban J connectivity index is 1.31. The van der Waals surface area contributed by atoms with Gasteiger partial charge in [0.2, 0.25) is 5.91 Å². The Morgan fingerprint density at radius 1 is 1.05 bits per heavy atom. The first-order valence-corrected chi connectivity index (χ1v) is 14.1. The fourth-order valence-corrected chi connectivity index (χ4v) is 6.95. The van der Waals surface area contributed by atoms with Gasteiger partial charge < -0.3 is 21.3 Å². The van der Waals surface area contributed by atoms with Gasteiger partial charge in [-0.25, -0.2) is 0 Å². The van der Waals surface area contributed by atoms with Gasteiger partial charge in [-0.15, -0.1) is 0 Å². The van der Waals surface area contributed by atoms with Crippen LogP contribution in [0, 0.1) is 23.7 Å². The number of carbonyl (C=O) groups is 4. The Morgan fingerprint density at radius 3 is 2.45 bits per heavy atom. The molecule has 2 aromatic rings. The second-order valence-corrected chi connectivity index (χ2v) is 11.5. The van der Waals surface area contributed by atoms with E-state index in [-0.39, 0.29) is 36.3 Å². The number of aliphatic hydroxyl groups excluding tert-OH is 1. The van der Waals surface area contributed by atoms with Gasteiger partial charge >= 0.3 is 0 Å². The maximum absolute atomic E-state index is 13.7. The standard InChI is InChI=1S/C31H37N3O6/c32-25(37)16-24(36)26-20(10-13-35)15-21-14-19-6-7-23(29(38)27(19)31(40)28(21)30(26)39)33-22-8-11-34(12-9-22)17-18-4-2-1-3-5-18/h1-7,20-22,26,28,33,35,38H,8-17H2,(H2,32,37). The molecule has 1 heterocycles. The molecule has 1 aliphatic heterocycles. The normalized spacial score (nSPS) is 25.2. The molecule has 5 N–H and O–H groups in total. The lowest BCUT2D eigenvalue weighted by Gasteiger charge is -2.42. The number of primary amides is 1. The fourth-order valence-electron chi connectivity index (χ4n) is 6.95. The van der Waals surface area contributed by atoms with Crippen molar-refractivity contribution in [3.05, 3.63) is 59.2 Å². The number of piperidine rings is 1. The van der Waals surface area contributed by atoms with Crippen molar-refractivity contribution in [2.75, 3.05) is 25.0 Å². The van der Waals surface area contributed by atoms with E-state index in [1.807, 2.05) is 24.3 Å². The van der Waals surface area contributed by atoms with E-state index in [0.29, 0.717) is 24.1 Å². The minimum Gasteiger partial charge on any atom is -0.505 e. The number of aliphatic hydroxyl groups is 1. The van der Waals surface area contributed by atoms with Gasteiger partial charge in [-0.1, -0.05) is 36.4 Å². The zero-order valence-electron chi connectivity index (χ0n) is 22.6. The number of phenolic OH excluding ortho intramolecular Hbond substituents is 1. The van der Waals surface area contributed by atoms with Crippen LogP contribution in [0.5, 0.6) is 5.75 Å². The summed E-state index contributed by atoms with van der Waals surface area (Å²) in [7, 11) is 0. The van der Waals surface area contributed by atoms with Crippen molar-refractivity contribution < 1.29 is 29.4 Å². The van der Waals surface area contributed by atoms with Gasteiger partial charge in [-0.05, 0) is 61.1 Å². The van der Waals surface area contributed by atoms with Gasteiger partial charge in [0, 0.05) is 32.3 Å². The quantitative estimate of drug-likeness (QED) is 0.276. The molecule has 2 aliphatic carbocycles. The van der Waals surface area contributed by atoms with E-state index in [2.05, 4.69) is 22.3 Å². The van der Waals surface area contributed by atoms with Crippen LogP contribution in [0.3, 0.4) is 0 Å². The summed E-state index contributed by atoms with van der Waals surface area (Å²) in [5.41, 5.74) is 7.78. The smallest absolute Gasteiger partial charge is 0.224 e. The molecule has 40 heavy (non-hydrogen) atoms. The van der Waals surface area contributed by atoms with Gasteiger partial charge in [-0.3, -0.25) is 24.1 Å². The molecule has 5 rings (SSSR count). The Hall–Kier alpha value is -3.56. The Bertz CT molecular complexity index is 1290. The van der Waals surface area contributed by atoms with E-state index >= 15 is 0 Å². The number of hydrogen-bond acceptors (Lipinski definition) is 8. The number of phenols is 1. The highest BCUT2D eigenvalue weighted by atomic mass is 16.3. The van der Waals surface area contributed by atoms with Gasteiger partial charge in [0.05, 0.1) is 29.5 Å². The molecular weight excluding hydrogens is 510 g/mol. The Morgan fingerprint density at radius 2 is 1.77 bits per heavy atom. The second kappa shape index (κ2) is 11.9. The topological polar surface area (TPSA) is 150 Å². The SMILES string of the molecule is NC(=O)CC(=O)C1C(=O)C2C(=O)c3c(ccc(NC4CCN(Cc5ccccc5)CC4)c3O)CC2CC1CCO. The molecule has 9 heteroatoms. The highest BCUT2D eigenvalue weighted by Gasteiger charge is 2.52. The number of anilines is 1. The number of amides is 1. The number of benzene rings is 2. The third-order valence-electron chi connectivity index (χ3n) is 8.83. The van der Waals surface area contributed by atoms with Gasteiger partial charge in [0.1, 0.15) is 5.75 Å². The number of nitrogens with zero attached hydrogens (tertiary/aromatic N) is 1. The molecule has 4 unspecified atom stereocenters. The number of likely N-dealkylation sites (tertiary alicyclic amines) is 1. The van der Waals surface area contributed by atoms with Crippen LogP contribution < -0.4 is 11.1 Å². The number of fused-ring (bicyclic) bond motifs is 2. The van der Waals surface area contributed by atoms with Crippen LogP contribution in [0.1, 0.15) is 53.6 Å². The number of Topliss-reactive ketones (excluding diaryl/α,β-unsaturated/α-hetero) is 3. The fraction of sp³-hybridized carbons (Fsp3) is 0.484. The number of nitrogens with one attached hydrogen (secondary N) is 1. The van der Waals surface area contributed by atoms with Crippen molar-refractivity contribution in [1.82, 2.24) is 4.90 Å². The summed E-state index contributed by atoms with van der Waals surface area (Å²) in [6.45, 7) is 2.50. The summed E-state index contributed by atoms with van der Waals surface area (Å²) < 4.78 is 0. The van der Waals surface area contributed by atoms with Crippen molar-refractivity contribution in [3.8, 4) is 5.75 Å². The molecule has 3 aliphatic rings. The average Bonchev–Trinajstić information content (AvgIpc) is 2.91. The lowest BCUT2D eigenvalue weighted by molar-refractivity contribution is -0.142. The first kappa shape index (κ1) is 28.0. The molecule has 2 aromatic carbocycles. The van der Waals surface area contributed by atoms with Crippen molar-refractivity contribution >= 4 is 28.9 Å². The van der Waals surface area contributed by atoms with Crippen LogP contribution >= 0.6 is 0 Å². The third-order valence-corrected chi connectivity index (χ3v) is 8.83. The zero-order chi connectivity index (χ0) is 28.4. The molecule has 0 spiro atoms. The van der Waals surface area contributed by atoms with Crippen molar-refractivity contribution in [2.24, 2.45) is 29.4 Å². The first-order chi connectivity index (χ1) is 19.3. The zero-order valence-corrected chi connectivity index (χ0v) is 22.6. The van der Waals surface area contributed by atoms with Gasteiger partial charge in [-0.2, -0.15) is 0 Å². The predicted molar refractivity (Wildman–Crippen MR) is 149 cm³/mol. The summed E-state index contributed by atoms with van der Waals surface area (Å²) >= 11 is 0. The van der Waals surface area contributed by atoms with E-state index in [0.717, 1.165) is 32.5 Å². The third kappa shape index (κ3) is 5.67. The molecular formula is C31H37N3O6. The summed E-state index contributed by atoms with van der Waals surface area (Å²) in [5, 5.41) is 24.2. The van der Waals surface area contributed by atoms with Crippen molar-refractivity contribution in [2.45, 2.75) is 51.1 Å². The largest absolute Gasteiger partial charge is 0.505 e. The predicted octanol–water partition coefficient (Wildman–Crippen LogP) is 2.47. The van der Waals surface area contributed by atoms with Crippen LogP contribution in [-0.2, 0) is 27.3 Å². The molecule has 4 atom stereocenters. The number of aromatic hydroxyl groups is 1. The van der Waals surface area contributed by atoms with E-state index in [1.165, 1.54) is 5.56 Å². The molecule has 2 fully saturated rings. The Kier molecular flexibility index (Phi) is 8.32. The molecule has 0 bridgehead atoms. The van der Waals surface area contributed by atoms with Crippen LogP contribution in [0.2, 0.25) is 0 Å². The Labute approximate surface area is 233 Å². The maximum Gasteiger partial charge on any atom is 0.224 e. The molecule has 1 saturated carbocycles. The van der Waals surface area contributed by atoms with E-state index in [1.54, 1.807) is 6.07 Å². The monoisotopic (exact) mass is 547 g/mol. The molecule has 1 saturated heterocycles. The molecule has 1 amide bonds. The van der Waals surface area contributed by atoms with Gasteiger partial charge in [0.25, 0.3) is 0 Å². The van der Waals surface area contributed by atoms with E-state index in [4.69, 9.17) is 5.73 Å². The van der Waals surface area contributed by atoms with Gasteiger partial charge in [0.15, 0.2) is 17.3 Å². The maximum atomic E-state index is 13.7. The van der Waals surface area contributed by atoms with Crippen LogP contribution in [0.25, 0.3) is 0 Å². The lowest BCUT2D eigenvalue weighted by atomic mass is 9.59. The summed E-state index contributed by atoms with van der Waals surface area (Å²) in [5.74, 6) is -5.60.